The normalized spacial score (nSPS) is 13.7. The number of alkyl halides is 1. The minimum atomic E-state index is 0.411. The van der Waals surface area contributed by atoms with Gasteiger partial charge in [-0.25, -0.2) is 4.98 Å². The third-order valence-corrected chi connectivity index (χ3v) is 4.03. The van der Waals surface area contributed by atoms with Gasteiger partial charge in [0.15, 0.2) is 11.5 Å². The molecule has 0 saturated carbocycles. The topological polar surface area (TPSA) is 31.4 Å². The highest BCUT2D eigenvalue weighted by Gasteiger charge is 2.18. The van der Waals surface area contributed by atoms with E-state index in [1.54, 1.807) is 0 Å². The van der Waals surface area contributed by atoms with Crippen LogP contribution < -0.4 is 9.47 Å². The Labute approximate surface area is 118 Å². The minimum Gasteiger partial charge on any atom is -0.486 e. The first-order chi connectivity index (χ1) is 8.78. The number of halogens is 2. The van der Waals surface area contributed by atoms with E-state index >= 15 is 0 Å². The Kier molecular flexibility index (Phi) is 3.33. The van der Waals surface area contributed by atoms with Crippen LogP contribution in [0.2, 0.25) is 5.02 Å². The van der Waals surface area contributed by atoms with Gasteiger partial charge in [-0.05, 0) is 12.1 Å². The second kappa shape index (κ2) is 4.96. The molecule has 2 aromatic rings. The zero-order valence-corrected chi connectivity index (χ0v) is 11.6. The molecular formula is C12H9Cl2NO2S. The van der Waals surface area contributed by atoms with Gasteiger partial charge in [0.05, 0.1) is 16.6 Å². The van der Waals surface area contributed by atoms with E-state index in [1.165, 1.54) is 11.3 Å². The molecule has 94 valence electrons. The Bertz CT molecular complexity index is 585. The third-order valence-electron chi connectivity index (χ3n) is 2.53. The van der Waals surface area contributed by atoms with Gasteiger partial charge in [-0.1, -0.05) is 11.6 Å². The van der Waals surface area contributed by atoms with Gasteiger partial charge in [-0.2, -0.15) is 0 Å². The molecule has 0 radical (unpaired) electrons. The van der Waals surface area contributed by atoms with Crippen molar-refractivity contribution < 1.29 is 9.47 Å². The van der Waals surface area contributed by atoms with E-state index in [2.05, 4.69) is 4.98 Å². The summed E-state index contributed by atoms with van der Waals surface area (Å²) in [6, 6.07) is 3.74. The molecule has 1 aliphatic rings. The van der Waals surface area contributed by atoms with E-state index < -0.39 is 0 Å². The van der Waals surface area contributed by atoms with Crippen LogP contribution in [0, 0.1) is 0 Å². The fourth-order valence-corrected chi connectivity index (χ4v) is 3.04. The summed E-state index contributed by atoms with van der Waals surface area (Å²) in [5, 5.41) is 3.36. The van der Waals surface area contributed by atoms with Crippen molar-refractivity contribution in [3.05, 3.63) is 28.2 Å². The molecule has 3 rings (SSSR count). The molecule has 0 fully saturated rings. The predicted octanol–water partition coefficient (Wildman–Crippen LogP) is 3.97. The molecule has 6 heteroatoms. The summed E-state index contributed by atoms with van der Waals surface area (Å²) >= 11 is 13.5. The molecule has 0 bridgehead atoms. The summed E-state index contributed by atoms with van der Waals surface area (Å²) in [6.45, 7) is 1.07. The van der Waals surface area contributed by atoms with Crippen molar-refractivity contribution in [3.63, 3.8) is 0 Å². The zero-order valence-electron chi connectivity index (χ0n) is 9.28. The molecule has 1 aliphatic heterocycles. The van der Waals surface area contributed by atoms with Crippen LogP contribution in [0.25, 0.3) is 10.6 Å². The third kappa shape index (κ3) is 2.16. The van der Waals surface area contributed by atoms with Crippen molar-refractivity contribution in [1.29, 1.82) is 0 Å². The average molecular weight is 302 g/mol. The second-order valence-corrected chi connectivity index (χ2v) is 5.29. The van der Waals surface area contributed by atoms with Crippen molar-refractivity contribution >= 4 is 34.5 Å². The highest BCUT2D eigenvalue weighted by atomic mass is 35.5. The van der Waals surface area contributed by atoms with Crippen molar-refractivity contribution in [3.8, 4) is 22.1 Å². The van der Waals surface area contributed by atoms with Crippen molar-refractivity contribution in [2.45, 2.75) is 5.88 Å². The SMILES string of the molecule is ClCc1csc(-c2cc(Cl)c3c(c2)OCCO3)n1. The molecule has 18 heavy (non-hydrogen) atoms. The lowest BCUT2D eigenvalue weighted by atomic mass is 10.2. The van der Waals surface area contributed by atoms with Gasteiger partial charge in [0.25, 0.3) is 0 Å². The minimum absolute atomic E-state index is 0.411. The fourth-order valence-electron chi connectivity index (χ4n) is 1.74. The Morgan fingerprint density at radius 1 is 1.28 bits per heavy atom. The summed E-state index contributed by atoms with van der Waals surface area (Å²) in [4.78, 5) is 4.42. The van der Waals surface area contributed by atoms with Crippen LogP contribution in [-0.2, 0) is 5.88 Å². The molecule has 0 atom stereocenters. The van der Waals surface area contributed by atoms with Crippen LogP contribution in [0.15, 0.2) is 17.5 Å². The molecule has 0 amide bonds. The highest BCUT2D eigenvalue weighted by Crippen LogP contribution is 2.41. The molecule has 1 aromatic carbocycles. The van der Waals surface area contributed by atoms with Gasteiger partial charge in [0.2, 0.25) is 0 Å². The molecule has 0 unspecified atom stereocenters. The van der Waals surface area contributed by atoms with Gasteiger partial charge >= 0.3 is 0 Å². The van der Waals surface area contributed by atoms with Crippen molar-refractivity contribution in [2.75, 3.05) is 13.2 Å². The molecule has 1 aromatic heterocycles. The summed E-state index contributed by atoms with van der Waals surface area (Å²) in [5.41, 5.74) is 1.79. The first-order valence-electron chi connectivity index (χ1n) is 5.38. The maximum atomic E-state index is 6.18. The number of benzene rings is 1. The number of aromatic nitrogens is 1. The van der Waals surface area contributed by atoms with Crippen molar-refractivity contribution in [2.24, 2.45) is 0 Å². The van der Waals surface area contributed by atoms with Gasteiger partial charge in [0.1, 0.15) is 18.2 Å². The number of ether oxygens (including phenoxy) is 2. The molecule has 0 saturated heterocycles. The van der Waals surface area contributed by atoms with E-state index in [1.807, 2.05) is 17.5 Å². The molecule has 2 heterocycles. The predicted molar refractivity (Wildman–Crippen MR) is 73.1 cm³/mol. The Balaban J connectivity index is 2.04. The maximum Gasteiger partial charge on any atom is 0.179 e. The van der Waals surface area contributed by atoms with Gasteiger partial charge < -0.3 is 9.47 Å². The molecule has 0 N–H and O–H groups in total. The molecule has 0 spiro atoms. The first kappa shape index (κ1) is 12.1. The van der Waals surface area contributed by atoms with Crippen LogP contribution in [0.1, 0.15) is 5.69 Å². The number of nitrogens with zero attached hydrogens (tertiary/aromatic N) is 1. The van der Waals surface area contributed by atoms with Gasteiger partial charge in [-0.15, -0.1) is 22.9 Å². The van der Waals surface area contributed by atoms with E-state index in [0.717, 1.165) is 16.3 Å². The standard InChI is InChI=1S/C12H9Cl2NO2S/c13-5-8-6-18-12(15-8)7-3-9(14)11-10(4-7)16-1-2-17-11/h3-4,6H,1-2,5H2. The molecule has 3 nitrogen and oxygen atoms in total. The van der Waals surface area contributed by atoms with Gasteiger partial charge in [-0.3, -0.25) is 0 Å². The van der Waals surface area contributed by atoms with Crippen LogP contribution in [0.5, 0.6) is 11.5 Å². The number of hydrogen-bond donors (Lipinski definition) is 0. The van der Waals surface area contributed by atoms with Gasteiger partial charge in [0, 0.05) is 10.9 Å². The zero-order chi connectivity index (χ0) is 12.5. The summed E-state index contributed by atoms with van der Waals surface area (Å²) in [6.07, 6.45) is 0. The number of fused-ring (bicyclic) bond motifs is 1. The van der Waals surface area contributed by atoms with Crippen LogP contribution in [0.4, 0.5) is 0 Å². The summed E-state index contributed by atoms with van der Waals surface area (Å²) in [7, 11) is 0. The van der Waals surface area contributed by atoms with E-state index in [-0.39, 0.29) is 0 Å². The Hall–Kier alpha value is -0.970. The Morgan fingerprint density at radius 3 is 2.89 bits per heavy atom. The molecular weight excluding hydrogens is 293 g/mol. The lowest BCUT2D eigenvalue weighted by Gasteiger charge is -2.19. The Morgan fingerprint density at radius 2 is 2.11 bits per heavy atom. The number of thiazole rings is 1. The monoisotopic (exact) mass is 301 g/mol. The van der Waals surface area contributed by atoms with E-state index in [0.29, 0.717) is 35.6 Å². The largest absolute Gasteiger partial charge is 0.486 e. The quantitative estimate of drug-likeness (QED) is 0.787. The van der Waals surface area contributed by atoms with E-state index in [9.17, 15) is 0 Å². The fraction of sp³-hybridized carbons (Fsp3) is 0.250. The lowest BCUT2D eigenvalue weighted by molar-refractivity contribution is 0.172. The van der Waals surface area contributed by atoms with Crippen LogP contribution in [-0.4, -0.2) is 18.2 Å². The van der Waals surface area contributed by atoms with Crippen molar-refractivity contribution in [1.82, 2.24) is 4.98 Å². The summed E-state index contributed by atoms with van der Waals surface area (Å²) in [5.74, 6) is 1.70. The highest BCUT2D eigenvalue weighted by molar-refractivity contribution is 7.13. The van der Waals surface area contributed by atoms with Crippen LogP contribution in [0.3, 0.4) is 0 Å². The van der Waals surface area contributed by atoms with Crippen LogP contribution >= 0.6 is 34.5 Å². The summed E-state index contributed by atoms with van der Waals surface area (Å²) < 4.78 is 11.0. The first-order valence-corrected chi connectivity index (χ1v) is 7.17. The van der Waals surface area contributed by atoms with E-state index in [4.69, 9.17) is 32.7 Å². The maximum absolute atomic E-state index is 6.18. The average Bonchev–Trinajstić information content (AvgIpc) is 2.87. The molecule has 0 aliphatic carbocycles. The smallest absolute Gasteiger partial charge is 0.179 e. The number of hydrogen-bond acceptors (Lipinski definition) is 4. The number of rotatable bonds is 2. The lowest BCUT2D eigenvalue weighted by Crippen LogP contribution is -2.15. The second-order valence-electron chi connectivity index (χ2n) is 3.76.